The molecule has 0 aromatic heterocycles. The van der Waals surface area contributed by atoms with Crippen LogP contribution in [0.15, 0.2) is 0 Å². The Morgan fingerprint density at radius 2 is 1.89 bits per heavy atom. The van der Waals surface area contributed by atoms with Gasteiger partial charge in [-0.3, -0.25) is 9.59 Å². The second-order valence-corrected chi connectivity index (χ2v) is 4.06. The molecule has 1 unspecified atom stereocenters. The van der Waals surface area contributed by atoms with Crippen molar-refractivity contribution >= 4 is 17.9 Å². The van der Waals surface area contributed by atoms with Crippen molar-refractivity contribution in [1.29, 1.82) is 0 Å². The zero-order valence-corrected chi connectivity index (χ0v) is 10.8. The molecule has 0 aliphatic rings. The number of hydrogen-bond acceptors (Lipinski definition) is 3. The van der Waals surface area contributed by atoms with Crippen molar-refractivity contribution in [3.05, 3.63) is 0 Å². The number of amides is 3. The van der Waals surface area contributed by atoms with E-state index in [9.17, 15) is 14.4 Å². The first kappa shape index (κ1) is 16.2. The fourth-order valence-corrected chi connectivity index (χ4v) is 1.54. The van der Waals surface area contributed by atoms with Gasteiger partial charge in [-0.05, 0) is 12.8 Å². The monoisotopic (exact) mass is 259 g/mol. The topological polar surface area (TPSA) is 113 Å². The molecule has 0 aliphatic heterocycles. The van der Waals surface area contributed by atoms with Crippen LogP contribution < -0.4 is 11.1 Å². The van der Waals surface area contributed by atoms with E-state index >= 15 is 0 Å². The van der Waals surface area contributed by atoms with Gasteiger partial charge in [-0.25, -0.2) is 4.79 Å². The number of rotatable bonds is 8. The number of carbonyl (C=O) groups excluding carboxylic acids is 2. The number of aliphatic carboxylic acids is 1. The molecule has 0 aliphatic carbocycles. The molecule has 7 nitrogen and oxygen atoms in total. The molecular formula is C11H21N3O4. The van der Waals surface area contributed by atoms with E-state index in [1.165, 1.54) is 0 Å². The van der Waals surface area contributed by atoms with Crippen molar-refractivity contribution in [2.75, 3.05) is 13.1 Å². The number of hydrogen-bond donors (Lipinski definition) is 3. The lowest BCUT2D eigenvalue weighted by Gasteiger charge is -2.23. The smallest absolute Gasteiger partial charge is 0.323 e. The molecule has 18 heavy (non-hydrogen) atoms. The van der Waals surface area contributed by atoms with Gasteiger partial charge in [0.15, 0.2) is 0 Å². The Balaban J connectivity index is 4.52. The summed E-state index contributed by atoms with van der Waals surface area (Å²) >= 11 is 0. The van der Waals surface area contributed by atoms with Crippen LogP contribution in [-0.2, 0) is 9.59 Å². The van der Waals surface area contributed by atoms with Gasteiger partial charge < -0.3 is 21.1 Å². The third kappa shape index (κ3) is 6.72. The van der Waals surface area contributed by atoms with E-state index in [2.05, 4.69) is 5.32 Å². The SMILES string of the molecule is CCCC(CC)NC(=O)N(CC(N)=O)CC(=O)O. The number of nitrogens with two attached hydrogens (primary N) is 1. The van der Waals surface area contributed by atoms with E-state index in [1.807, 2.05) is 13.8 Å². The molecule has 0 saturated carbocycles. The van der Waals surface area contributed by atoms with Crippen LogP contribution in [0.3, 0.4) is 0 Å². The highest BCUT2D eigenvalue weighted by Crippen LogP contribution is 2.02. The summed E-state index contributed by atoms with van der Waals surface area (Å²) in [4.78, 5) is 34.1. The van der Waals surface area contributed by atoms with Gasteiger partial charge in [-0.15, -0.1) is 0 Å². The molecule has 7 heteroatoms. The zero-order valence-electron chi connectivity index (χ0n) is 10.8. The molecule has 0 aromatic carbocycles. The highest BCUT2D eigenvalue weighted by Gasteiger charge is 2.20. The predicted molar refractivity (Wildman–Crippen MR) is 65.9 cm³/mol. The van der Waals surface area contributed by atoms with Crippen molar-refractivity contribution in [3.63, 3.8) is 0 Å². The Kier molecular flexibility index (Phi) is 7.50. The lowest BCUT2D eigenvalue weighted by atomic mass is 10.1. The van der Waals surface area contributed by atoms with Crippen molar-refractivity contribution in [1.82, 2.24) is 10.2 Å². The maximum absolute atomic E-state index is 11.8. The molecule has 0 bridgehead atoms. The van der Waals surface area contributed by atoms with E-state index < -0.39 is 31.0 Å². The second kappa shape index (κ2) is 8.32. The summed E-state index contributed by atoms with van der Waals surface area (Å²) in [5, 5.41) is 11.4. The Hall–Kier alpha value is -1.79. The number of nitrogens with one attached hydrogen (secondary N) is 1. The van der Waals surface area contributed by atoms with Crippen LogP contribution in [0, 0.1) is 0 Å². The number of urea groups is 1. The average molecular weight is 259 g/mol. The van der Waals surface area contributed by atoms with Crippen LogP contribution in [0.2, 0.25) is 0 Å². The lowest BCUT2D eigenvalue weighted by molar-refractivity contribution is -0.137. The van der Waals surface area contributed by atoms with Crippen LogP contribution in [-0.4, -0.2) is 47.0 Å². The highest BCUT2D eigenvalue weighted by atomic mass is 16.4. The first-order valence-electron chi connectivity index (χ1n) is 5.96. The number of carboxylic acids is 1. The van der Waals surface area contributed by atoms with E-state index in [1.54, 1.807) is 0 Å². The van der Waals surface area contributed by atoms with Crippen LogP contribution in [0.4, 0.5) is 4.79 Å². The third-order valence-electron chi connectivity index (χ3n) is 2.42. The van der Waals surface area contributed by atoms with Gasteiger partial charge in [0, 0.05) is 6.04 Å². The summed E-state index contributed by atoms with van der Waals surface area (Å²) in [5.41, 5.74) is 4.98. The number of primary amides is 1. The maximum atomic E-state index is 11.8. The molecule has 0 aromatic rings. The van der Waals surface area contributed by atoms with Crippen molar-refractivity contribution < 1.29 is 19.5 Å². The van der Waals surface area contributed by atoms with Crippen molar-refractivity contribution in [2.45, 2.75) is 39.2 Å². The minimum absolute atomic E-state index is 0.0216. The van der Waals surface area contributed by atoms with Gasteiger partial charge in [0.1, 0.15) is 13.1 Å². The van der Waals surface area contributed by atoms with E-state index in [4.69, 9.17) is 10.8 Å². The molecular weight excluding hydrogens is 238 g/mol. The van der Waals surface area contributed by atoms with Crippen LogP contribution in [0.5, 0.6) is 0 Å². The molecule has 0 spiro atoms. The fraction of sp³-hybridized carbons (Fsp3) is 0.727. The normalized spacial score (nSPS) is 11.7. The predicted octanol–water partition coefficient (Wildman–Crippen LogP) is 0.147. The Bertz CT molecular complexity index is 291. The summed E-state index contributed by atoms with van der Waals surface area (Å²) in [6, 6.07) is -0.594. The zero-order chi connectivity index (χ0) is 14.1. The summed E-state index contributed by atoms with van der Waals surface area (Å²) in [6.45, 7) is 2.97. The first-order valence-corrected chi connectivity index (χ1v) is 5.96. The van der Waals surface area contributed by atoms with E-state index in [-0.39, 0.29) is 6.04 Å². The lowest BCUT2D eigenvalue weighted by Crippen LogP contribution is -2.49. The second-order valence-electron chi connectivity index (χ2n) is 4.06. The van der Waals surface area contributed by atoms with Gasteiger partial charge in [-0.2, -0.15) is 0 Å². The molecule has 1 atom stereocenters. The number of carbonyl (C=O) groups is 3. The van der Waals surface area contributed by atoms with Crippen LogP contribution in [0.25, 0.3) is 0 Å². The van der Waals surface area contributed by atoms with Gasteiger partial charge in [0.25, 0.3) is 0 Å². The maximum Gasteiger partial charge on any atom is 0.323 e. The summed E-state index contributed by atoms with van der Waals surface area (Å²) < 4.78 is 0. The molecule has 0 rings (SSSR count). The van der Waals surface area contributed by atoms with Crippen LogP contribution >= 0.6 is 0 Å². The number of nitrogens with zero attached hydrogens (tertiary/aromatic N) is 1. The van der Waals surface area contributed by atoms with Crippen LogP contribution in [0.1, 0.15) is 33.1 Å². The Morgan fingerprint density at radius 1 is 1.28 bits per heavy atom. The van der Waals surface area contributed by atoms with E-state index in [0.717, 1.165) is 24.2 Å². The Labute approximate surface area is 106 Å². The minimum atomic E-state index is -1.19. The van der Waals surface area contributed by atoms with Gasteiger partial charge >= 0.3 is 12.0 Å². The van der Waals surface area contributed by atoms with Gasteiger partial charge in [0.2, 0.25) is 5.91 Å². The van der Waals surface area contributed by atoms with Crippen molar-refractivity contribution in [3.8, 4) is 0 Å². The minimum Gasteiger partial charge on any atom is -0.480 e. The summed E-state index contributed by atoms with van der Waals surface area (Å²) in [6.07, 6.45) is 2.46. The molecule has 4 N–H and O–H groups in total. The molecule has 3 amide bonds. The molecule has 0 radical (unpaired) electrons. The van der Waals surface area contributed by atoms with Gasteiger partial charge in [-0.1, -0.05) is 20.3 Å². The largest absolute Gasteiger partial charge is 0.480 e. The first-order chi connectivity index (χ1) is 8.40. The highest BCUT2D eigenvalue weighted by molar-refractivity contribution is 5.86. The average Bonchev–Trinajstić information content (AvgIpc) is 2.26. The number of carboxylic acid groups (broad SMARTS) is 1. The third-order valence-corrected chi connectivity index (χ3v) is 2.42. The molecule has 0 heterocycles. The Morgan fingerprint density at radius 3 is 2.28 bits per heavy atom. The summed E-state index contributed by atoms with van der Waals surface area (Å²) in [5.74, 6) is -1.93. The molecule has 104 valence electrons. The van der Waals surface area contributed by atoms with E-state index in [0.29, 0.717) is 0 Å². The van der Waals surface area contributed by atoms with Crippen molar-refractivity contribution in [2.24, 2.45) is 5.73 Å². The molecule has 0 saturated heterocycles. The summed E-state index contributed by atoms with van der Waals surface area (Å²) in [7, 11) is 0. The standard InChI is InChI=1S/C11H21N3O4/c1-3-5-8(4-2)13-11(18)14(6-9(12)15)7-10(16)17/h8H,3-7H2,1-2H3,(H2,12,15)(H,13,18)(H,16,17). The quantitative estimate of drug-likeness (QED) is 0.575. The van der Waals surface area contributed by atoms with Gasteiger partial charge in [0.05, 0.1) is 0 Å². The fourth-order valence-electron chi connectivity index (χ4n) is 1.54. The molecule has 0 fully saturated rings.